The number of aromatic nitrogens is 2. The van der Waals surface area contributed by atoms with Gasteiger partial charge in [-0.1, -0.05) is 72.8 Å². The molecule has 6 heteroatoms. The number of unbranched alkanes of at least 4 members (excludes halogenated alkanes) is 2. The molecular formula is C40H45FN4O. The van der Waals surface area contributed by atoms with Crippen molar-refractivity contribution >= 4 is 22.3 Å². The van der Waals surface area contributed by atoms with Crippen molar-refractivity contribution in [2.45, 2.75) is 57.5 Å². The molecule has 0 fully saturated rings. The maximum Gasteiger partial charge on any atom is 0.262 e. The fourth-order valence-electron chi connectivity index (χ4n) is 5.61. The molecule has 2 unspecified atom stereocenters. The lowest BCUT2D eigenvalue weighted by molar-refractivity contribution is 0.493. The number of nitrogens with zero attached hydrogens (tertiary/aromatic N) is 3. The van der Waals surface area contributed by atoms with Crippen molar-refractivity contribution in [1.29, 1.82) is 0 Å². The van der Waals surface area contributed by atoms with E-state index in [1.807, 2.05) is 90.2 Å². The van der Waals surface area contributed by atoms with Gasteiger partial charge in [0.25, 0.3) is 5.56 Å². The lowest BCUT2D eigenvalue weighted by Crippen LogP contribution is -2.29. The second kappa shape index (κ2) is 17.0. The van der Waals surface area contributed by atoms with E-state index >= 15 is 0 Å². The van der Waals surface area contributed by atoms with Crippen LogP contribution < -0.4 is 16.2 Å². The van der Waals surface area contributed by atoms with Gasteiger partial charge in [-0.15, -0.1) is 13.2 Å². The molecule has 0 saturated carbocycles. The fourth-order valence-corrected chi connectivity index (χ4v) is 5.61. The number of anilines is 2. The van der Waals surface area contributed by atoms with Crippen LogP contribution >= 0.6 is 0 Å². The molecule has 2 N–H and O–H groups in total. The zero-order valence-electron chi connectivity index (χ0n) is 27.0. The predicted molar refractivity (Wildman–Crippen MR) is 191 cm³/mol. The monoisotopic (exact) mass is 616 g/mol. The van der Waals surface area contributed by atoms with E-state index in [0.717, 1.165) is 55.5 Å². The summed E-state index contributed by atoms with van der Waals surface area (Å²) < 4.78 is 15.2. The fraction of sp³-hybridized carbons (Fsp3) is 0.250. The highest BCUT2D eigenvalue weighted by Gasteiger charge is 2.20. The molecule has 0 aliphatic heterocycles. The molecule has 5 nitrogen and oxygen atoms in total. The molecule has 1 heterocycles. The maximum atomic E-state index is 13.8. The first-order valence-electron chi connectivity index (χ1n) is 15.9. The summed E-state index contributed by atoms with van der Waals surface area (Å²) in [7, 11) is 1.90. The van der Waals surface area contributed by atoms with Crippen LogP contribution in [0.2, 0.25) is 0 Å². The summed E-state index contributed by atoms with van der Waals surface area (Å²) in [6.45, 7) is 9.41. The Morgan fingerprint density at radius 3 is 2.00 bits per heavy atom. The van der Waals surface area contributed by atoms with Crippen LogP contribution in [-0.4, -0.2) is 16.6 Å². The molecule has 0 aliphatic rings. The van der Waals surface area contributed by atoms with Gasteiger partial charge in [-0.2, -0.15) is 0 Å². The molecule has 0 bridgehead atoms. The minimum absolute atomic E-state index is 0.0562. The molecule has 0 spiro atoms. The van der Waals surface area contributed by atoms with Gasteiger partial charge < -0.3 is 10.6 Å². The number of rotatable bonds is 13. The number of aryl methyl sites for hydroxylation is 1. The SMILES string of the molecule is C=CCCCC(N)c1ccccc1.C=CCCCC(c1ccccc1)n1c(C)nc2ccc(N(C)c3ccc(F)cc3)cc2c1=O. The smallest absolute Gasteiger partial charge is 0.262 e. The minimum atomic E-state index is -0.281. The van der Waals surface area contributed by atoms with Crippen molar-refractivity contribution < 1.29 is 4.39 Å². The van der Waals surface area contributed by atoms with Crippen LogP contribution in [-0.2, 0) is 0 Å². The third kappa shape index (κ3) is 8.89. The van der Waals surface area contributed by atoms with Gasteiger partial charge in [0.1, 0.15) is 11.6 Å². The van der Waals surface area contributed by atoms with Gasteiger partial charge in [0.15, 0.2) is 0 Å². The van der Waals surface area contributed by atoms with Gasteiger partial charge in [0.05, 0.1) is 16.9 Å². The third-order valence-corrected chi connectivity index (χ3v) is 8.19. The Labute approximate surface area is 272 Å². The highest BCUT2D eigenvalue weighted by atomic mass is 19.1. The predicted octanol–water partition coefficient (Wildman–Crippen LogP) is 9.60. The number of fused-ring (bicyclic) bond motifs is 1. The van der Waals surface area contributed by atoms with Crippen molar-refractivity contribution in [2.24, 2.45) is 5.73 Å². The van der Waals surface area contributed by atoms with E-state index in [2.05, 4.69) is 37.4 Å². The average molecular weight is 617 g/mol. The van der Waals surface area contributed by atoms with Gasteiger partial charge in [0, 0.05) is 24.5 Å². The van der Waals surface area contributed by atoms with Crippen molar-refractivity contribution in [2.75, 3.05) is 11.9 Å². The van der Waals surface area contributed by atoms with E-state index < -0.39 is 0 Å². The molecule has 2 atom stereocenters. The Kier molecular flexibility index (Phi) is 12.6. The second-order valence-electron chi connectivity index (χ2n) is 11.5. The maximum absolute atomic E-state index is 13.8. The molecule has 0 saturated heterocycles. The van der Waals surface area contributed by atoms with E-state index in [-0.39, 0.29) is 23.5 Å². The summed E-state index contributed by atoms with van der Waals surface area (Å²) in [6, 6.07) is 32.4. The zero-order chi connectivity index (χ0) is 32.9. The summed E-state index contributed by atoms with van der Waals surface area (Å²) in [6.07, 6.45) is 9.71. The van der Waals surface area contributed by atoms with Crippen LogP contribution in [0.1, 0.15) is 67.6 Å². The molecule has 46 heavy (non-hydrogen) atoms. The molecule has 0 radical (unpaired) electrons. The summed E-state index contributed by atoms with van der Waals surface area (Å²) in [5, 5.41) is 0.566. The molecule has 0 amide bonds. The van der Waals surface area contributed by atoms with E-state index in [9.17, 15) is 9.18 Å². The van der Waals surface area contributed by atoms with Gasteiger partial charge in [-0.3, -0.25) is 9.36 Å². The first-order chi connectivity index (χ1) is 22.3. The number of hydrogen-bond donors (Lipinski definition) is 1. The van der Waals surface area contributed by atoms with Gasteiger partial charge in [-0.05, 0) is 99.0 Å². The van der Waals surface area contributed by atoms with Crippen LogP contribution in [0.15, 0.2) is 133 Å². The zero-order valence-corrected chi connectivity index (χ0v) is 27.0. The summed E-state index contributed by atoms with van der Waals surface area (Å²) in [5.41, 5.74) is 10.6. The molecule has 238 valence electrons. The highest BCUT2D eigenvalue weighted by molar-refractivity contribution is 5.83. The number of benzene rings is 4. The second-order valence-corrected chi connectivity index (χ2v) is 11.5. The molecule has 1 aromatic heterocycles. The van der Waals surface area contributed by atoms with Crippen LogP contribution in [0.5, 0.6) is 0 Å². The number of hydrogen-bond acceptors (Lipinski definition) is 4. The van der Waals surface area contributed by atoms with Gasteiger partial charge >= 0.3 is 0 Å². The minimum Gasteiger partial charge on any atom is -0.345 e. The lowest BCUT2D eigenvalue weighted by atomic mass is 10.00. The molecule has 5 rings (SSSR count). The topological polar surface area (TPSA) is 64.2 Å². The molecular weight excluding hydrogens is 571 g/mol. The highest BCUT2D eigenvalue weighted by Crippen LogP contribution is 2.28. The quantitative estimate of drug-likeness (QED) is 0.106. The van der Waals surface area contributed by atoms with Crippen LogP contribution in [0.25, 0.3) is 10.9 Å². The van der Waals surface area contributed by atoms with Gasteiger partial charge in [0.2, 0.25) is 0 Å². The molecule has 0 aliphatic carbocycles. The largest absolute Gasteiger partial charge is 0.345 e. The number of allylic oxidation sites excluding steroid dienone is 2. The van der Waals surface area contributed by atoms with Crippen molar-refractivity contribution in [3.8, 4) is 0 Å². The summed E-state index contributed by atoms with van der Waals surface area (Å²) in [4.78, 5) is 20.5. The Bertz CT molecular complexity index is 1750. The molecule has 4 aromatic carbocycles. The van der Waals surface area contributed by atoms with Crippen molar-refractivity contribution in [3.05, 3.63) is 162 Å². The Balaban J connectivity index is 0.000000310. The summed E-state index contributed by atoms with van der Waals surface area (Å²) >= 11 is 0. The Hall–Kier alpha value is -4.81. The molecule has 5 aromatic rings. The number of nitrogens with two attached hydrogens (primary N) is 1. The third-order valence-electron chi connectivity index (χ3n) is 8.19. The standard InChI is InChI=1S/C28H28FN3O.C12H17N/c1-4-5-7-12-27(21-10-8-6-9-11-21)32-20(2)30-26-18-17-24(19-25(26)28(32)33)31(3)23-15-13-22(29)14-16-23;1-2-3-5-10-12(13)11-8-6-4-7-9-11/h4,6,8-11,13-19,27H,1,5,7,12H2,2-3H3;2,4,6-9,12H,1,3,5,10,13H2. The normalized spacial score (nSPS) is 12.1. The lowest BCUT2D eigenvalue weighted by Gasteiger charge is -2.24. The van der Waals surface area contributed by atoms with Gasteiger partial charge in [-0.25, -0.2) is 9.37 Å². The average Bonchev–Trinajstić information content (AvgIpc) is 3.08. The first-order valence-corrected chi connectivity index (χ1v) is 15.9. The first kappa shape index (κ1) is 34.1. The van der Waals surface area contributed by atoms with E-state index in [4.69, 9.17) is 10.7 Å². The summed E-state index contributed by atoms with van der Waals surface area (Å²) in [5.74, 6) is 0.413. The Morgan fingerprint density at radius 1 is 0.826 bits per heavy atom. The van der Waals surface area contributed by atoms with E-state index in [1.54, 1.807) is 12.1 Å². The van der Waals surface area contributed by atoms with Crippen LogP contribution in [0, 0.1) is 12.7 Å². The van der Waals surface area contributed by atoms with E-state index in [0.29, 0.717) is 16.7 Å². The van der Waals surface area contributed by atoms with Crippen molar-refractivity contribution in [1.82, 2.24) is 9.55 Å². The Morgan fingerprint density at radius 2 is 1.39 bits per heavy atom. The number of halogens is 1. The van der Waals surface area contributed by atoms with Crippen LogP contribution in [0.4, 0.5) is 15.8 Å². The van der Waals surface area contributed by atoms with Crippen LogP contribution in [0.3, 0.4) is 0 Å². The van der Waals surface area contributed by atoms with E-state index in [1.165, 1.54) is 17.7 Å². The van der Waals surface area contributed by atoms with Crippen molar-refractivity contribution in [3.63, 3.8) is 0 Å².